The van der Waals surface area contributed by atoms with Crippen LogP contribution in [-0.2, 0) is 23.8 Å². The highest BCUT2D eigenvalue weighted by molar-refractivity contribution is 5.76. The molecular formula is C73H135NO10. The molecule has 6 N–H and O–H groups in total. The topological polar surface area (TPSA) is 175 Å². The van der Waals surface area contributed by atoms with Gasteiger partial charge in [-0.15, -0.1) is 0 Å². The van der Waals surface area contributed by atoms with Crippen LogP contribution in [0.15, 0.2) is 48.6 Å². The van der Waals surface area contributed by atoms with Crippen molar-refractivity contribution in [3.05, 3.63) is 48.6 Å². The number of carbonyl (C=O) groups is 2. The molecule has 1 aliphatic rings. The van der Waals surface area contributed by atoms with Crippen molar-refractivity contribution >= 4 is 11.9 Å². The van der Waals surface area contributed by atoms with Crippen LogP contribution >= 0.6 is 0 Å². The Morgan fingerprint density at radius 2 is 0.798 bits per heavy atom. The summed E-state index contributed by atoms with van der Waals surface area (Å²) in [7, 11) is 0. The summed E-state index contributed by atoms with van der Waals surface area (Å²) in [5.74, 6) is -0.180. The van der Waals surface area contributed by atoms with E-state index in [0.29, 0.717) is 19.4 Å². The number of amides is 1. The van der Waals surface area contributed by atoms with Gasteiger partial charge in [0.25, 0.3) is 0 Å². The van der Waals surface area contributed by atoms with E-state index in [1.165, 1.54) is 250 Å². The first-order valence-electron chi connectivity index (χ1n) is 35.9. The molecule has 1 aliphatic heterocycles. The maximum absolute atomic E-state index is 13.0. The van der Waals surface area contributed by atoms with E-state index < -0.39 is 49.5 Å². The Labute approximate surface area is 516 Å². The maximum atomic E-state index is 13.0. The van der Waals surface area contributed by atoms with Crippen LogP contribution in [0.25, 0.3) is 0 Å². The van der Waals surface area contributed by atoms with Crippen LogP contribution < -0.4 is 5.32 Å². The fraction of sp³-hybridized carbons (Fsp3) is 0.863. The summed E-state index contributed by atoms with van der Waals surface area (Å²) in [4.78, 5) is 25.1. The highest BCUT2D eigenvalue weighted by atomic mass is 16.7. The molecule has 0 radical (unpaired) electrons. The fourth-order valence-corrected chi connectivity index (χ4v) is 11.2. The van der Waals surface area contributed by atoms with Gasteiger partial charge in [0.1, 0.15) is 24.4 Å². The zero-order valence-electron chi connectivity index (χ0n) is 54.6. The number of esters is 1. The lowest BCUT2D eigenvalue weighted by atomic mass is 9.99. The second kappa shape index (κ2) is 62.2. The molecule has 0 aromatic heterocycles. The van der Waals surface area contributed by atoms with Crippen LogP contribution in [0, 0.1) is 0 Å². The third-order valence-corrected chi connectivity index (χ3v) is 16.9. The zero-order chi connectivity index (χ0) is 60.9. The molecule has 11 heteroatoms. The van der Waals surface area contributed by atoms with E-state index >= 15 is 0 Å². The van der Waals surface area contributed by atoms with Crippen molar-refractivity contribution < 1.29 is 49.3 Å². The van der Waals surface area contributed by atoms with Crippen molar-refractivity contribution in [1.82, 2.24) is 5.32 Å². The molecule has 84 heavy (non-hydrogen) atoms. The van der Waals surface area contributed by atoms with E-state index in [4.69, 9.17) is 14.2 Å². The number of allylic oxidation sites excluding steroid dienone is 7. The first-order chi connectivity index (χ1) is 41.2. The largest absolute Gasteiger partial charge is 0.466 e. The third-order valence-electron chi connectivity index (χ3n) is 16.9. The van der Waals surface area contributed by atoms with Gasteiger partial charge in [0.15, 0.2) is 6.29 Å². The minimum Gasteiger partial charge on any atom is -0.466 e. The molecule has 0 aromatic carbocycles. The minimum absolute atomic E-state index is 0.00298. The van der Waals surface area contributed by atoms with E-state index in [1.54, 1.807) is 6.08 Å². The first kappa shape index (κ1) is 79.6. The number of carbonyl (C=O) groups excluding carboxylic acids is 2. The highest BCUT2D eigenvalue weighted by Crippen LogP contribution is 2.23. The number of rotatable bonds is 63. The molecule has 492 valence electrons. The number of ether oxygens (including phenoxy) is 3. The smallest absolute Gasteiger partial charge is 0.305 e. The molecule has 1 saturated heterocycles. The third kappa shape index (κ3) is 50.6. The van der Waals surface area contributed by atoms with Crippen molar-refractivity contribution in [2.45, 2.75) is 384 Å². The number of aliphatic hydroxyl groups excluding tert-OH is 5. The Bertz CT molecular complexity index is 1530. The molecule has 0 aliphatic carbocycles. The van der Waals surface area contributed by atoms with E-state index in [2.05, 4.69) is 55.6 Å². The molecule has 11 nitrogen and oxygen atoms in total. The van der Waals surface area contributed by atoms with Gasteiger partial charge in [-0.3, -0.25) is 9.59 Å². The number of aliphatic hydroxyl groups is 5. The van der Waals surface area contributed by atoms with Gasteiger partial charge in [0.05, 0.1) is 32.0 Å². The Kier molecular flexibility index (Phi) is 59.0. The SMILES string of the molecule is CCCCC/C=C\C/C=C\CCCCCCCCCCCC(=O)OCCCCCCCCCCCCCC/C=C\CCCCCCCCCCCCCCC(=O)NC(COC1OC(CO)C(O)C(O)C1O)C(O)/C=C/CCCCCCCCC. The average Bonchev–Trinajstić information content (AvgIpc) is 3.55. The predicted octanol–water partition coefficient (Wildman–Crippen LogP) is 18.4. The van der Waals surface area contributed by atoms with Crippen molar-refractivity contribution in [2.24, 2.45) is 0 Å². The van der Waals surface area contributed by atoms with Crippen LogP contribution in [0.4, 0.5) is 0 Å². The molecule has 0 spiro atoms. The van der Waals surface area contributed by atoms with Crippen LogP contribution in [0.1, 0.15) is 341 Å². The lowest BCUT2D eigenvalue weighted by Crippen LogP contribution is -2.60. The summed E-state index contributed by atoms with van der Waals surface area (Å²) in [5, 5.41) is 54.3. The van der Waals surface area contributed by atoms with Crippen LogP contribution in [0.2, 0.25) is 0 Å². The van der Waals surface area contributed by atoms with Gasteiger partial charge in [0, 0.05) is 12.8 Å². The molecule has 1 rings (SSSR count). The molecule has 1 amide bonds. The zero-order valence-corrected chi connectivity index (χ0v) is 54.6. The number of nitrogens with one attached hydrogen (secondary N) is 1. The highest BCUT2D eigenvalue weighted by Gasteiger charge is 2.44. The molecule has 1 fully saturated rings. The Morgan fingerprint density at radius 3 is 1.24 bits per heavy atom. The van der Waals surface area contributed by atoms with Gasteiger partial charge in [-0.05, 0) is 89.9 Å². The average molecular weight is 1190 g/mol. The maximum Gasteiger partial charge on any atom is 0.305 e. The van der Waals surface area contributed by atoms with Gasteiger partial charge in [-0.1, -0.05) is 287 Å². The molecule has 0 saturated carbocycles. The van der Waals surface area contributed by atoms with E-state index in [1.807, 2.05) is 6.08 Å². The number of hydrogen-bond acceptors (Lipinski definition) is 10. The van der Waals surface area contributed by atoms with Gasteiger partial charge >= 0.3 is 5.97 Å². The Balaban J connectivity index is 1.91. The van der Waals surface area contributed by atoms with Gasteiger partial charge in [-0.2, -0.15) is 0 Å². The fourth-order valence-electron chi connectivity index (χ4n) is 11.2. The van der Waals surface area contributed by atoms with E-state index in [0.717, 1.165) is 64.2 Å². The lowest BCUT2D eigenvalue weighted by Gasteiger charge is -2.40. The molecule has 7 unspecified atom stereocenters. The second-order valence-electron chi connectivity index (χ2n) is 24.9. The summed E-state index contributed by atoms with van der Waals surface area (Å²) >= 11 is 0. The summed E-state index contributed by atoms with van der Waals surface area (Å²) in [6, 6.07) is -0.809. The quantitative estimate of drug-likeness (QED) is 0.0195. The summed E-state index contributed by atoms with van der Waals surface area (Å²) in [6.45, 7) is 4.31. The summed E-state index contributed by atoms with van der Waals surface area (Å²) in [5.41, 5.74) is 0. The summed E-state index contributed by atoms with van der Waals surface area (Å²) < 4.78 is 16.7. The molecule has 1 heterocycles. The molecule has 0 aromatic rings. The Morgan fingerprint density at radius 1 is 0.440 bits per heavy atom. The van der Waals surface area contributed by atoms with E-state index in [-0.39, 0.29) is 18.5 Å². The van der Waals surface area contributed by atoms with E-state index in [9.17, 15) is 35.1 Å². The minimum atomic E-state index is -1.57. The Hall–Kier alpha value is -2.38. The second-order valence-corrected chi connectivity index (χ2v) is 24.9. The number of hydrogen-bond donors (Lipinski definition) is 6. The number of unbranched alkanes of at least 4 members (excludes halogenated alkanes) is 43. The first-order valence-corrected chi connectivity index (χ1v) is 35.9. The molecule has 0 bridgehead atoms. The normalized spacial score (nSPS) is 18.3. The standard InChI is InChI=1S/C73H135NO10/c1-3-5-7-9-11-13-14-15-16-17-28-32-35-38-41-45-49-53-57-61-69(78)82-62-58-54-50-46-42-39-36-33-30-27-25-23-21-19-18-20-22-24-26-29-31-34-37-40-44-48-52-56-60-68(77)74-65(66(76)59-55-51-47-43-12-10-8-6-4-2)64-83-73-72(81)71(80)70(79)67(63-75)84-73/h11,13,15-16,18-19,55,59,65-67,70-73,75-76,79-81H,3-10,12,14,17,20-54,56-58,60-64H2,1-2H3,(H,74,77)/b13-11-,16-15-,19-18-,59-55+. The van der Waals surface area contributed by atoms with Crippen LogP contribution in [-0.4, -0.2) is 100 Å². The lowest BCUT2D eigenvalue weighted by molar-refractivity contribution is -0.302. The molecular weight excluding hydrogens is 1050 g/mol. The van der Waals surface area contributed by atoms with Crippen LogP contribution in [0.5, 0.6) is 0 Å². The van der Waals surface area contributed by atoms with Gasteiger partial charge in [0.2, 0.25) is 5.91 Å². The summed E-state index contributed by atoms with van der Waals surface area (Å²) in [6.07, 6.45) is 71.2. The van der Waals surface area contributed by atoms with Crippen molar-refractivity contribution in [3.8, 4) is 0 Å². The van der Waals surface area contributed by atoms with Gasteiger partial charge < -0.3 is 45.1 Å². The monoisotopic (exact) mass is 1190 g/mol. The van der Waals surface area contributed by atoms with Gasteiger partial charge in [-0.25, -0.2) is 0 Å². The van der Waals surface area contributed by atoms with Crippen molar-refractivity contribution in [3.63, 3.8) is 0 Å². The van der Waals surface area contributed by atoms with Crippen molar-refractivity contribution in [2.75, 3.05) is 19.8 Å². The predicted molar refractivity (Wildman–Crippen MR) is 352 cm³/mol. The molecule has 7 atom stereocenters. The van der Waals surface area contributed by atoms with Crippen molar-refractivity contribution in [1.29, 1.82) is 0 Å². The van der Waals surface area contributed by atoms with Crippen LogP contribution in [0.3, 0.4) is 0 Å².